The van der Waals surface area contributed by atoms with Crippen molar-refractivity contribution in [2.24, 2.45) is 5.92 Å². The Morgan fingerprint density at radius 3 is 2.81 bits per heavy atom. The average molecular weight is 353 g/mol. The third-order valence-electron chi connectivity index (χ3n) is 4.88. The van der Waals surface area contributed by atoms with E-state index in [-0.39, 0.29) is 0 Å². The minimum absolute atomic E-state index is 0.436. The molecule has 1 saturated heterocycles. The van der Waals surface area contributed by atoms with Crippen molar-refractivity contribution in [3.8, 4) is 0 Å². The first kappa shape index (κ1) is 17.0. The first-order chi connectivity index (χ1) is 10.2. The minimum Gasteiger partial charge on any atom is -0.313 e. The smallest absolute Gasteiger partial charge is 0.0340 e. The molecule has 1 N–H and O–H groups in total. The van der Waals surface area contributed by atoms with E-state index >= 15 is 0 Å². The molecule has 0 aliphatic carbocycles. The van der Waals surface area contributed by atoms with Crippen LogP contribution in [-0.4, -0.2) is 31.6 Å². The summed E-state index contributed by atoms with van der Waals surface area (Å²) >= 11 is 3.68. The lowest BCUT2D eigenvalue weighted by molar-refractivity contribution is 0.264. The number of nitrogens with zero attached hydrogens (tertiary/aromatic N) is 1. The van der Waals surface area contributed by atoms with E-state index < -0.39 is 0 Å². The van der Waals surface area contributed by atoms with Gasteiger partial charge < -0.3 is 10.2 Å². The van der Waals surface area contributed by atoms with Gasteiger partial charge in [-0.25, -0.2) is 0 Å². The summed E-state index contributed by atoms with van der Waals surface area (Å²) in [6.45, 7) is 6.10. The Hall–Kier alpha value is -0.380. The van der Waals surface area contributed by atoms with Crippen molar-refractivity contribution in [1.82, 2.24) is 10.2 Å². The zero-order valence-electron chi connectivity index (χ0n) is 13.4. The van der Waals surface area contributed by atoms with Crippen molar-refractivity contribution >= 4 is 15.9 Å². The predicted molar refractivity (Wildman–Crippen MR) is 94.6 cm³/mol. The second-order valence-corrected chi connectivity index (χ2v) is 7.05. The zero-order chi connectivity index (χ0) is 15.1. The van der Waals surface area contributed by atoms with Gasteiger partial charge in [0.05, 0.1) is 0 Å². The van der Waals surface area contributed by atoms with Crippen LogP contribution >= 0.6 is 15.9 Å². The number of nitrogens with one attached hydrogen (secondary N) is 1. The number of likely N-dealkylation sites (tertiary alicyclic amines) is 1. The van der Waals surface area contributed by atoms with Gasteiger partial charge >= 0.3 is 0 Å². The molecule has 3 heteroatoms. The van der Waals surface area contributed by atoms with Crippen molar-refractivity contribution in [2.75, 3.05) is 26.7 Å². The molecule has 0 radical (unpaired) electrons. The fraction of sp³-hybridized carbons (Fsp3) is 0.667. The average Bonchev–Trinajstić information content (AvgIpc) is 2.74. The van der Waals surface area contributed by atoms with Crippen LogP contribution in [0, 0.1) is 5.92 Å². The summed E-state index contributed by atoms with van der Waals surface area (Å²) in [5.74, 6) is 0.957. The maximum Gasteiger partial charge on any atom is 0.0340 e. The number of halogens is 1. The molecule has 0 saturated carbocycles. The summed E-state index contributed by atoms with van der Waals surface area (Å²) < 4.78 is 1.21. The summed E-state index contributed by atoms with van der Waals surface area (Å²) in [5.41, 5.74) is 1.38. The molecule has 2 rings (SSSR count). The van der Waals surface area contributed by atoms with E-state index in [9.17, 15) is 0 Å². The Bertz CT molecular complexity index is 421. The van der Waals surface area contributed by atoms with Gasteiger partial charge in [-0.3, -0.25) is 0 Å². The van der Waals surface area contributed by atoms with Gasteiger partial charge in [0.15, 0.2) is 0 Å². The topological polar surface area (TPSA) is 15.3 Å². The lowest BCUT2D eigenvalue weighted by atomic mass is 9.98. The molecule has 0 aromatic heterocycles. The highest BCUT2D eigenvalue weighted by molar-refractivity contribution is 9.10. The highest BCUT2D eigenvalue weighted by Gasteiger charge is 2.18. The lowest BCUT2D eigenvalue weighted by Gasteiger charge is -2.24. The molecule has 1 aromatic rings. The van der Waals surface area contributed by atoms with Crippen LogP contribution in [0.2, 0.25) is 0 Å². The summed E-state index contributed by atoms with van der Waals surface area (Å²) in [5, 5.41) is 3.48. The Morgan fingerprint density at radius 2 is 2.10 bits per heavy atom. The highest BCUT2D eigenvalue weighted by Crippen LogP contribution is 2.26. The molecule has 0 spiro atoms. The van der Waals surface area contributed by atoms with Crippen LogP contribution in [-0.2, 0) is 0 Å². The zero-order valence-corrected chi connectivity index (χ0v) is 15.0. The SMILES string of the molecule is CCC1CCCN(CCC(NC)c2ccccc2Br)CC1. The van der Waals surface area contributed by atoms with Crippen LogP contribution in [0.5, 0.6) is 0 Å². The number of hydrogen-bond acceptors (Lipinski definition) is 2. The van der Waals surface area contributed by atoms with Crippen LogP contribution in [0.4, 0.5) is 0 Å². The van der Waals surface area contributed by atoms with E-state index in [1.807, 2.05) is 0 Å². The molecule has 0 amide bonds. The van der Waals surface area contributed by atoms with Crippen molar-refractivity contribution in [2.45, 2.75) is 45.1 Å². The molecule has 1 fully saturated rings. The summed E-state index contributed by atoms with van der Waals surface area (Å²) in [6, 6.07) is 9.01. The molecule has 1 heterocycles. The van der Waals surface area contributed by atoms with Gasteiger partial charge in [-0.1, -0.05) is 47.5 Å². The van der Waals surface area contributed by atoms with Crippen molar-refractivity contribution in [1.29, 1.82) is 0 Å². The van der Waals surface area contributed by atoms with E-state index in [0.717, 1.165) is 5.92 Å². The van der Waals surface area contributed by atoms with Crippen LogP contribution in [0.15, 0.2) is 28.7 Å². The van der Waals surface area contributed by atoms with Crippen LogP contribution in [0.3, 0.4) is 0 Å². The van der Waals surface area contributed by atoms with Crippen LogP contribution < -0.4 is 5.32 Å². The second-order valence-electron chi connectivity index (χ2n) is 6.20. The maximum atomic E-state index is 3.68. The molecule has 0 bridgehead atoms. The van der Waals surface area contributed by atoms with E-state index in [1.54, 1.807) is 0 Å². The monoisotopic (exact) mass is 352 g/mol. The molecule has 118 valence electrons. The second kappa shape index (κ2) is 8.92. The van der Waals surface area contributed by atoms with Gasteiger partial charge in [0.2, 0.25) is 0 Å². The van der Waals surface area contributed by atoms with Gasteiger partial charge in [-0.15, -0.1) is 0 Å². The van der Waals surface area contributed by atoms with E-state index in [4.69, 9.17) is 0 Å². The third-order valence-corrected chi connectivity index (χ3v) is 5.60. The third kappa shape index (κ3) is 5.08. The summed E-state index contributed by atoms with van der Waals surface area (Å²) in [4.78, 5) is 2.66. The fourth-order valence-corrected chi connectivity index (χ4v) is 3.94. The van der Waals surface area contributed by atoms with Gasteiger partial charge in [-0.2, -0.15) is 0 Å². The largest absolute Gasteiger partial charge is 0.313 e. The minimum atomic E-state index is 0.436. The van der Waals surface area contributed by atoms with Crippen molar-refractivity contribution < 1.29 is 0 Å². The number of hydrogen-bond donors (Lipinski definition) is 1. The number of rotatable bonds is 6. The van der Waals surface area contributed by atoms with Gasteiger partial charge in [-0.05, 0) is 69.9 Å². The first-order valence-corrected chi connectivity index (χ1v) is 9.18. The maximum absolute atomic E-state index is 3.68. The Labute approximate surface area is 138 Å². The Morgan fingerprint density at radius 1 is 1.29 bits per heavy atom. The van der Waals surface area contributed by atoms with E-state index in [1.165, 1.54) is 61.8 Å². The molecule has 1 aliphatic rings. The Balaban J connectivity index is 1.87. The van der Waals surface area contributed by atoms with Gasteiger partial charge in [0.1, 0.15) is 0 Å². The van der Waals surface area contributed by atoms with Crippen LogP contribution in [0.1, 0.15) is 50.6 Å². The first-order valence-electron chi connectivity index (χ1n) is 8.38. The molecular weight excluding hydrogens is 324 g/mol. The van der Waals surface area contributed by atoms with Crippen molar-refractivity contribution in [3.05, 3.63) is 34.3 Å². The standard InChI is InChI=1S/C18H29BrN2/c1-3-15-7-6-12-21(13-10-15)14-11-18(20-2)16-8-4-5-9-17(16)19/h4-5,8-9,15,18,20H,3,6-7,10-14H2,1-2H3. The normalized spacial score (nSPS) is 22.0. The Kier molecular flexibility index (Phi) is 7.21. The number of benzene rings is 1. The lowest BCUT2D eigenvalue weighted by Crippen LogP contribution is -2.29. The van der Waals surface area contributed by atoms with E-state index in [2.05, 4.69) is 64.4 Å². The predicted octanol–water partition coefficient (Wildman–Crippen LogP) is 4.61. The van der Waals surface area contributed by atoms with E-state index in [0.29, 0.717) is 6.04 Å². The fourth-order valence-electron chi connectivity index (χ4n) is 3.38. The van der Waals surface area contributed by atoms with Gasteiger partial charge in [0, 0.05) is 10.5 Å². The molecule has 1 aliphatic heterocycles. The highest BCUT2D eigenvalue weighted by atomic mass is 79.9. The molecule has 2 nitrogen and oxygen atoms in total. The molecule has 2 atom stereocenters. The molecular formula is C18H29BrN2. The summed E-state index contributed by atoms with van der Waals surface area (Å²) in [6.07, 6.45) is 6.71. The summed E-state index contributed by atoms with van der Waals surface area (Å²) in [7, 11) is 2.07. The van der Waals surface area contributed by atoms with Crippen molar-refractivity contribution in [3.63, 3.8) is 0 Å². The van der Waals surface area contributed by atoms with Gasteiger partial charge in [0.25, 0.3) is 0 Å². The molecule has 21 heavy (non-hydrogen) atoms. The molecule has 1 aromatic carbocycles. The van der Waals surface area contributed by atoms with Crippen LogP contribution in [0.25, 0.3) is 0 Å². The quantitative estimate of drug-likeness (QED) is 0.803. The molecule has 2 unspecified atom stereocenters.